The van der Waals surface area contributed by atoms with Crippen LogP contribution in [0.1, 0.15) is 69.2 Å². The van der Waals surface area contributed by atoms with E-state index in [0.717, 1.165) is 5.56 Å². The van der Waals surface area contributed by atoms with Gasteiger partial charge in [-0.3, -0.25) is 4.79 Å². The maximum atomic E-state index is 13.0. The van der Waals surface area contributed by atoms with Crippen LogP contribution in [0.15, 0.2) is 28.7 Å². The molecule has 2 aromatic rings. The summed E-state index contributed by atoms with van der Waals surface area (Å²) in [4.78, 5) is 15.3. The quantitative estimate of drug-likeness (QED) is 0.743. The average Bonchev–Trinajstić information content (AvgIpc) is 3.44. The van der Waals surface area contributed by atoms with Gasteiger partial charge in [0.2, 0.25) is 17.7 Å². The van der Waals surface area contributed by atoms with Crippen LogP contribution < -0.4 is 0 Å². The van der Waals surface area contributed by atoms with Crippen molar-refractivity contribution in [3.05, 3.63) is 35.7 Å². The maximum absolute atomic E-state index is 13.0. The van der Waals surface area contributed by atoms with Gasteiger partial charge in [0.25, 0.3) is 0 Å². The molecule has 0 aliphatic heterocycles. The van der Waals surface area contributed by atoms with Crippen LogP contribution in [-0.4, -0.2) is 33.1 Å². The van der Waals surface area contributed by atoms with Gasteiger partial charge in [-0.25, -0.2) is 0 Å². The van der Waals surface area contributed by atoms with E-state index < -0.39 is 0 Å². The number of carbonyl (C=O) groups excluding carboxylic acids is 1. The van der Waals surface area contributed by atoms with Crippen molar-refractivity contribution in [2.24, 2.45) is 0 Å². The maximum Gasteiger partial charge on any atom is 0.247 e. The van der Waals surface area contributed by atoms with Crippen molar-refractivity contribution in [2.75, 3.05) is 0 Å². The van der Waals surface area contributed by atoms with E-state index >= 15 is 0 Å². The van der Waals surface area contributed by atoms with Crippen molar-refractivity contribution >= 4 is 5.91 Å². The molecule has 0 saturated heterocycles. The first-order valence-corrected chi connectivity index (χ1v) is 10.4. The van der Waals surface area contributed by atoms with Crippen LogP contribution >= 0.6 is 0 Å². The van der Waals surface area contributed by atoms with E-state index in [1.807, 2.05) is 24.3 Å². The van der Waals surface area contributed by atoms with Crippen LogP contribution in [0, 0.1) is 6.92 Å². The first-order valence-electron chi connectivity index (χ1n) is 10.4. The molecule has 0 spiro atoms. The molecule has 0 radical (unpaired) electrons. The molecule has 2 fully saturated rings. The molecule has 4 rings (SSSR count). The molecule has 1 aromatic carbocycles. The molecule has 1 heterocycles. The minimum absolute atomic E-state index is 0.267. The van der Waals surface area contributed by atoms with Gasteiger partial charge in [0.1, 0.15) is 0 Å². The van der Waals surface area contributed by atoms with Crippen molar-refractivity contribution in [1.29, 1.82) is 0 Å². The van der Waals surface area contributed by atoms with Crippen molar-refractivity contribution in [1.82, 2.24) is 15.1 Å². The van der Waals surface area contributed by atoms with Crippen LogP contribution in [0.5, 0.6) is 0 Å². The zero-order valence-electron chi connectivity index (χ0n) is 16.2. The van der Waals surface area contributed by atoms with Gasteiger partial charge >= 0.3 is 0 Å². The fourth-order valence-electron chi connectivity index (χ4n) is 4.58. The molecular formula is C22H29N3O2. The largest absolute Gasteiger partial charge is 0.421 e. The molecule has 1 amide bonds. The van der Waals surface area contributed by atoms with Crippen LogP contribution in [-0.2, 0) is 11.2 Å². The zero-order valence-corrected chi connectivity index (χ0v) is 16.2. The summed E-state index contributed by atoms with van der Waals surface area (Å²) in [7, 11) is 0. The van der Waals surface area contributed by atoms with Crippen LogP contribution in [0.3, 0.4) is 0 Å². The van der Waals surface area contributed by atoms with E-state index in [0.29, 0.717) is 36.7 Å². The minimum Gasteiger partial charge on any atom is -0.421 e. The molecule has 2 aliphatic carbocycles. The molecule has 5 nitrogen and oxygen atoms in total. The first kappa shape index (κ1) is 18.2. The Hall–Kier alpha value is -2.17. The highest BCUT2D eigenvalue weighted by molar-refractivity contribution is 5.77. The zero-order chi connectivity index (χ0) is 18.6. The second kappa shape index (κ2) is 8.24. The molecule has 5 heteroatoms. The lowest BCUT2D eigenvalue weighted by atomic mass is 10.1. The third-order valence-electron chi connectivity index (χ3n) is 6.04. The lowest BCUT2D eigenvalue weighted by Gasteiger charge is -2.34. The summed E-state index contributed by atoms with van der Waals surface area (Å²) in [6.07, 6.45) is 10.7. The second-order valence-corrected chi connectivity index (χ2v) is 8.04. The fraction of sp³-hybridized carbons (Fsp3) is 0.591. The number of hydrogen-bond donors (Lipinski definition) is 0. The first-order chi connectivity index (χ1) is 13.2. The second-order valence-electron chi connectivity index (χ2n) is 8.04. The Bertz CT molecular complexity index is 740. The van der Waals surface area contributed by atoms with Crippen molar-refractivity contribution in [2.45, 2.75) is 83.2 Å². The molecule has 0 bridgehead atoms. The number of aromatic nitrogens is 2. The van der Waals surface area contributed by atoms with Crippen molar-refractivity contribution < 1.29 is 9.21 Å². The Morgan fingerprint density at radius 3 is 2.19 bits per heavy atom. The van der Waals surface area contributed by atoms with Gasteiger partial charge in [0.15, 0.2) is 0 Å². The predicted molar refractivity (Wildman–Crippen MR) is 104 cm³/mol. The number of amides is 1. The summed E-state index contributed by atoms with van der Waals surface area (Å²) < 4.78 is 5.80. The molecule has 0 atom stereocenters. The third-order valence-corrected chi connectivity index (χ3v) is 6.04. The Labute approximate surface area is 161 Å². The van der Waals surface area contributed by atoms with Gasteiger partial charge in [-0.15, -0.1) is 10.2 Å². The number of hydrogen-bond acceptors (Lipinski definition) is 4. The lowest BCUT2D eigenvalue weighted by Crippen LogP contribution is -2.45. The van der Waals surface area contributed by atoms with Crippen molar-refractivity contribution in [3.63, 3.8) is 0 Å². The number of carbonyl (C=O) groups is 1. The summed E-state index contributed by atoms with van der Waals surface area (Å²) in [5.74, 6) is 1.35. The van der Waals surface area contributed by atoms with Gasteiger partial charge in [0, 0.05) is 30.5 Å². The monoisotopic (exact) mass is 367 g/mol. The highest BCUT2D eigenvalue weighted by Crippen LogP contribution is 2.32. The molecular weight excluding hydrogens is 338 g/mol. The topological polar surface area (TPSA) is 59.2 Å². The number of rotatable bonds is 6. The normalized spacial score (nSPS) is 18.3. The van der Waals surface area contributed by atoms with Gasteiger partial charge < -0.3 is 9.32 Å². The van der Waals surface area contributed by atoms with E-state index in [2.05, 4.69) is 22.0 Å². The number of aryl methyl sites for hydroxylation is 2. The highest BCUT2D eigenvalue weighted by Gasteiger charge is 2.33. The van der Waals surface area contributed by atoms with Crippen molar-refractivity contribution in [3.8, 4) is 11.5 Å². The Morgan fingerprint density at radius 1 is 1.00 bits per heavy atom. The van der Waals surface area contributed by atoms with Crippen LogP contribution in [0.25, 0.3) is 11.5 Å². The Balaban J connectivity index is 1.39. The molecule has 2 saturated carbocycles. The number of benzene rings is 1. The van der Waals surface area contributed by atoms with Crippen LogP contribution in [0.2, 0.25) is 0 Å². The molecule has 0 N–H and O–H groups in total. The molecule has 1 aromatic heterocycles. The molecule has 144 valence electrons. The summed E-state index contributed by atoms with van der Waals surface area (Å²) in [5, 5.41) is 8.31. The predicted octanol–water partition coefficient (Wildman–Crippen LogP) is 4.69. The third kappa shape index (κ3) is 4.23. The van der Waals surface area contributed by atoms with E-state index in [-0.39, 0.29) is 5.91 Å². The summed E-state index contributed by atoms with van der Waals surface area (Å²) in [6.45, 7) is 2.05. The standard InChI is InChI=1S/C22H29N3O2/c1-16-10-12-17(13-11-16)22-24-23-20(27-22)14-15-21(26)25(18-6-2-3-7-18)19-8-4-5-9-19/h10-13,18-19H,2-9,14-15H2,1H3. The van der Waals surface area contributed by atoms with Gasteiger partial charge in [-0.05, 0) is 44.7 Å². The average molecular weight is 367 g/mol. The van der Waals surface area contributed by atoms with Gasteiger partial charge in [-0.1, -0.05) is 43.4 Å². The Kier molecular flexibility index (Phi) is 5.55. The summed E-state index contributed by atoms with van der Waals surface area (Å²) in [6, 6.07) is 8.94. The number of nitrogens with zero attached hydrogens (tertiary/aromatic N) is 3. The van der Waals surface area contributed by atoms with E-state index in [4.69, 9.17) is 4.42 Å². The molecule has 2 aliphatic rings. The van der Waals surface area contributed by atoms with E-state index in [1.54, 1.807) is 0 Å². The SMILES string of the molecule is Cc1ccc(-c2nnc(CCC(=O)N(C3CCCC3)C3CCCC3)o2)cc1. The minimum atomic E-state index is 0.267. The van der Waals surface area contributed by atoms with Gasteiger partial charge in [-0.2, -0.15) is 0 Å². The van der Waals surface area contributed by atoms with Gasteiger partial charge in [0.05, 0.1) is 0 Å². The molecule has 0 unspecified atom stereocenters. The van der Waals surface area contributed by atoms with E-state index in [1.165, 1.54) is 56.9 Å². The summed E-state index contributed by atoms with van der Waals surface area (Å²) >= 11 is 0. The highest BCUT2D eigenvalue weighted by atomic mass is 16.4. The molecule has 27 heavy (non-hydrogen) atoms. The lowest BCUT2D eigenvalue weighted by molar-refractivity contribution is -0.136. The van der Waals surface area contributed by atoms with E-state index in [9.17, 15) is 4.79 Å². The smallest absolute Gasteiger partial charge is 0.247 e. The van der Waals surface area contributed by atoms with Crippen LogP contribution in [0.4, 0.5) is 0 Å². The fourth-order valence-corrected chi connectivity index (χ4v) is 4.58. The summed E-state index contributed by atoms with van der Waals surface area (Å²) in [5.41, 5.74) is 2.12. The Morgan fingerprint density at radius 2 is 1.59 bits per heavy atom.